The van der Waals surface area contributed by atoms with Crippen LogP contribution >= 0.6 is 11.6 Å². The summed E-state index contributed by atoms with van der Waals surface area (Å²) >= 11 is 6.05. The van der Waals surface area contributed by atoms with Crippen molar-refractivity contribution in [1.82, 2.24) is 10.2 Å². The van der Waals surface area contributed by atoms with Gasteiger partial charge in [-0.2, -0.15) is 0 Å². The lowest BCUT2D eigenvalue weighted by Crippen LogP contribution is -2.48. The van der Waals surface area contributed by atoms with Crippen LogP contribution in [0.25, 0.3) is 0 Å². The van der Waals surface area contributed by atoms with E-state index >= 15 is 0 Å². The van der Waals surface area contributed by atoms with Gasteiger partial charge >= 0.3 is 0 Å². The van der Waals surface area contributed by atoms with Crippen LogP contribution in [-0.4, -0.2) is 48.7 Å². The van der Waals surface area contributed by atoms with Gasteiger partial charge in [-0.25, -0.2) is 0 Å². The third kappa shape index (κ3) is 3.87. The van der Waals surface area contributed by atoms with E-state index in [1.165, 1.54) is 0 Å². The van der Waals surface area contributed by atoms with Crippen LogP contribution < -0.4 is 5.32 Å². The van der Waals surface area contributed by atoms with Crippen LogP contribution in [0.15, 0.2) is 18.2 Å². The Morgan fingerprint density at radius 1 is 1.35 bits per heavy atom. The van der Waals surface area contributed by atoms with Crippen LogP contribution in [0.3, 0.4) is 0 Å². The summed E-state index contributed by atoms with van der Waals surface area (Å²) in [7, 11) is 0. The molecule has 1 aromatic carbocycles. The number of benzene rings is 1. The second-order valence-corrected chi connectivity index (χ2v) is 7.58. The maximum atomic E-state index is 12.5. The second-order valence-electron chi connectivity index (χ2n) is 7.15. The number of hydrogen-bond donors (Lipinski definition) is 1. The van der Waals surface area contributed by atoms with Crippen molar-refractivity contribution in [1.29, 1.82) is 0 Å². The lowest BCUT2D eigenvalue weighted by atomic mass is 10.0. The maximum Gasteiger partial charge on any atom is 0.251 e. The number of morpholine rings is 1. The summed E-state index contributed by atoms with van der Waals surface area (Å²) in [5.74, 6) is 0.487. The molecule has 3 atom stereocenters. The highest BCUT2D eigenvalue weighted by atomic mass is 35.5. The van der Waals surface area contributed by atoms with Crippen molar-refractivity contribution in [2.45, 2.75) is 45.4 Å². The quantitative estimate of drug-likeness (QED) is 0.922. The molecule has 4 nitrogen and oxygen atoms in total. The fourth-order valence-corrected chi connectivity index (χ4v) is 3.83. The summed E-state index contributed by atoms with van der Waals surface area (Å²) in [6, 6.07) is 6.07. The molecule has 2 aliphatic heterocycles. The number of rotatable bonds is 3. The van der Waals surface area contributed by atoms with Crippen LogP contribution in [0, 0.1) is 12.8 Å². The Hall–Kier alpha value is -1.10. The summed E-state index contributed by atoms with van der Waals surface area (Å²) in [5.41, 5.74) is 1.64. The van der Waals surface area contributed by atoms with E-state index in [1.54, 1.807) is 6.07 Å². The van der Waals surface area contributed by atoms with E-state index in [4.69, 9.17) is 16.3 Å². The zero-order valence-electron chi connectivity index (χ0n) is 14.0. The number of ether oxygens (including phenoxy) is 1. The van der Waals surface area contributed by atoms with Gasteiger partial charge in [0.05, 0.1) is 12.7 Å². The number of amides is 1. The molecule has 2 aliphatic rings. The van der Waals surface area contributed by atoms with Crippen molar-refractivity contribution < 1.29 is 9.53 Å². The molecule has 126 valence electrons. The second kappa shape index (κ2) is 6.80. The smallest absolute Gasteiger partial charge is 0.251 e. The van der Waals surface area contributed by atoms with E-state index in [0.29, 0.717) is 28.6 Å². The van der Waals surface area contributed by atoms with Gasteiger partial charge in [-0.3, -0.25) is 9.69 Å². The van der Waals surface area contributed by atoms with E-state index < -0.39 is 0 Å². The highest BCUT2D eigenvalue weighted by molar-refractivity contribution is 6.31. The molecule has 5 heteroatoms. The van der Waals surface area contributed by atoms with Gasteiger partial charge in [0.25, 0.3) is 5.91 Å². The topological polar surface area (TPSA) is 41.6 Å². The van der Waals surface area contributed by atoms with Crippen LogP contribution in [0.1, 0.15) is 36.2 Å². The van der Waals surface area contributed by atoms with Crippen molar-refractivity contribution in [2.24, 2.45) is 5.92 Å². The molecule has 0 unspecified atom stereocenters. The van der Waals surface area contributed by atoms with Crippen LogP contribution in [0.5, 0.6) is 0 Å². The van der Waals surface area contributed by atoms with Gasteiger partial charge in [0.1, 0.15) is 0 Å². The molecule has 0 aliphatic carbocycles. The average molecular weight is 337 g/mol. The number of nitrogens with one attached hydrogen (secondary N) is 1. The monoisotopic (exact) mass is 336 g/mol. The van der Waals surface area contributed by atoms with Crippen LogP contribution in [0.2, 0.25) is 5.02 Å². The number of halogens is 1. The highest BCUT2D eigenvalue weighted by Gasteiger charge is 2.38. The molecule has 0 radical (unpaired) electrons. The average Bonchev–Trinajstić information content (AvgIpc) is 2.87. The summed E-state index contributed by atoms with van der Waals surface area (Å²) in [6.45, 7) is 8.98. The Balaban J connectivity index is 1.60. The van der Waals surface area contributed by atoms with Gasteiger partial charge in [-0.05, 0) is 43.0 Å². The summed E-state index contributed by atoms with van der Waals surface area (Å²) in [4.78, 5) is 14.9. The number of hydrogen-bond acceptors (Lipinski definition) is 3. The fourth-order valence-electron chi connectivity index (χ4n) is 3.54. The molecule has 1 N–H and O–H groups in total. The Morgan fingerprint density at radius 3 is 2.83 bits per heavy atom. The lowest BCUT2D eigenvalue weighted by Gasteiger charge is -2.36. The minimum Gasteiger partial charge on any atom is -0.375 e. The molecule has 1 aromatic rings. The molecule has 3 rings (SSSR count). The van der Waals surface area contributed by atoms with E-state index in [-0.39, 0.29) is 11.9 Å². The van der Waals surface area contributed by atoms with Crippen molar-refractivity contribution in [3.63, 3.8) is 0 Å². The first-order valence-corrected chi connectivity index (χ1v) is 8.74. The van der Waals surface area contributed by atoms with Crippen molar-refractivity contribution >= 4 is 17.5 Å². The van der Waals surface area contributed by atoms with Crippen LogP contribution in [-0.2, 0) is 4.74 Å². The van der Waals surface area contributed by atoms with Gasteiger partial charge in [0, 0.05) is 35.8 Å². The van der Waals surface area contributed by atoms with Gasteiger partial charge in [-0.15, -0.1) is 0 Å². The zero-order valence-corrected chi connectivity index (χ0v) is 14.8. The Bertz CT molecular complexity index is 570. The molecular formula is C18H25ClN2O2. The SMILES string of the molecule is Cc1cc(Cl)cc(C(=O)N[C@@H]2C[C@H]3CO[C@H](C(C)C)CN3C2)c1. The van der Waals surface area contributed by atoms with E-state index in [2.05, 4.69) is 24.1 Å². The minimum absolute atomic E-state index is 0.0400. The van der Waals surface area contributed by atoms with Crippen molar-refractivity contribution in [3.05, 3.63) is 34.3 Å². The Morgan fingerprint density at radius 2 is 2.13 bits per heavy atom. The Labute approximate surface area is 143 Å². The summed E-state index contributed by atoms with van der Waals surface area (Å²) in [6.07, 6.45) is 1.26. The normalized spacial score (nSPS) is 28.0. The largest absolute Gasteiger partial charge is 0.375 e. The molecule has 0 aromatic heterocycles. The van der Waals surface area contributed by atoms with Gasteiger partial charge in [0.15, 0.2) is 0 Å². The summed E-state index contributed by atoms with van der Waals surface area (Å²) < 4.78 is 5.95. The molecule has 0 bridgehead atoms. The fraction of sp³-hybridized carbons (Fsp3) is 0.611. The van der Waals surface area contributed by atoms with E-state index in [0.717, 1.165) is 31.7 Å². The van der Waals surface area contributed by atoms with Gasteiger partial charge in [0.2, 0.25) is 0 Å². The first kappa shape index (κ1) is 16.7. The number of nitrogens with zero attached hydrogens (tertiary/aromatic N) is 1. The number of carbonyl (C=O) groups is 1. The maximum absolute atomic E-state index is 12.5. The van der Waals surface area contributed by atoms with Crippen molar-refractivity contribution in [2.75, 3.05) is 19.7 Å². The minimum atomic E-state index is -0.0400. The lowest BCUT2D eigenvalue weighted by molar-refractivity contribution is -0.0683. The van der Waals surface area contributed by atoms with E-state index in [9.17, 15) is 4.79 Å². The third-order valence-corrected chi connectivity index (χ3v) is 5.05. The molecule has 23 heavy (non-hydrogen) atoms. The zero-order chi connectivity index (χ0) is 16.6. The van der Waals surface area contributed by atoms with Crippen molar-refractivity contribution in [3.8, 4) is 0 Å². The van der Waals surface area contributed by atoms with Crippen LogP contribution in [0.4, 0.5) is 0 Å². The molecular weight excluding hydrogens is 312 g/mol. The first-order chi connectivity index (χ1) is 10.9. The number of carbonyl (C=O) groups excluding carboxylic acids is 1. The van der Waals surface area contributed by atoms with E-state index in [1.807, 2.05) is 19.1 Å². The predicted octanol–water partition coefficient (Wildman–Crippen LogP) is 2.88. The molecule has 0 spiro atoms. The number of fused-ring (bicyclic) bond motifs is 1. The molecule has 2 fully saturated rings. The molecule has 2 heterocycles. The summed E-state index contributed by atoms with van der Waals surface area (Å²) in [5, 5.41) is 3.76. The van der Waals surface area contributed by atoms with Gasteiger partial charge in [-0.1, -0.05) is 25.4 Å². The highest BCUT2D eigenvalue weighted by Crippen LogP contribution is 2.26. The van der Waals surface area contributed by atoms with Gasteiger partial charge < -0.3 is 10.1 Å². The standard InChI is InChI=1S/C18H25ClN2O2/c1-11(2)17-9-21-8-15(7-16(21)10-23-17)20-18(22)13-4-12(3)5-14(19)6-13/h4-6,11,15-17H,7-10H2,1-3H3,(H,20,22)/t15-,16+,17+/m1/s1. The molecule has 2 saturated heterocycles. The third-order valence-electron chi connectivity index (χ3n) is 4.83. The number of aryl methyl sites for hydroxylation is 1. The molecule has 1 amide bonds. The predicted molar refractivity (Wildman–Crippen MR) is 92.0 cm³/mol. The molecule has 0 saturated carbocycles. The Kier molecular flexibility index (Phi) is 4.95. The first-order valence-electron chi connectivity index (χ1n) is 8.36.